The lowest BCUT2D eigenvalue weighted by molar-refractivity contribution is 0.0932. The third-order valence-electron chi connectivity index (χ3n) is 3.69. The molecule has 0 radical (unpaired) electrons. The maximum absolute atomic E-state index is 12.6. The lowest BCUT2D eigenvalue weighted by atomic mass is 10.0. The smallest absolute Gasteiger partial charge is 0.254 e. The Bertz CT molecular complexity index is 792. The SMILES string of the molecule is CSc1ncc(C(=O)N[C@H](CCn2cncn2)c2ccccc2)cn1. The van der Waals surface area contributed by atoms with Crippen molar-refractivity contribution < 1.29 is 4.79 Å². The van der Waals surface area contributed by atoms with Gasteiger partial charge in [0, 0.05) is 18.9 Å². The van der Waals surface area contributed by atoms with Crippen LogP contribution in [0.25, 0.3) is 0 Å². The highest BCUT2D eigenvalue weighted by Gasteiger charge is 2.16. The summed E-state index contributed by atoms with van der Waals surface area (Å²) >= 11 is 1.44. The monoisotopic (exact) mass is 354 g/mol. The molecule has 0 fully saturated rings. The molecule has 2 aromatic heterocycles. The molecule has 1 aromatic carbocycles. The largest absolute Gasteiger partial charge is 0.345 e. The van der Waals surface area contributed by atoms with Crippen LogP contribution in [-0.4, -0.2) is 36.9 Å². The van der Waals surface area contributed by atoms with Gasteiger partial charge in [-0.15, -0.1) is 0 Å². The Hall–Kier alpha value is -2.74. The van der Waals surface area contributed by atoms with E-state index >= 15 is 0 Å². The van der Waals surface area contributed by atoms with Crippen LogP contribution in [0, 0.1) is 0 Å². The number of hydrogen-bond donors (Lipinski definition) is 1. The number of rotatable bonds is 7. The van der Waals surface area contributed by atoms with Crippen molar-refractivity contribution in [3.05, 3.63) is 66.5 Å². The maximum Gasteiger partial charge on any atom is 0.254 e. The molecular weight excluding hydrogens is 336 g/mol. The van der Waals surface area contributed by atoms with Gasteiger partial charge in [-0.1, -0.05) is 42.1 Å². The Kier molecular flexibility index (Phi) is 5.73. The molecule has 1 N–H and O–H groups in total. The average molecular weight is 354 g/mol. The van der Waals surface area contributed by atoms with Crippen molar-refractivity contribution in [2.24, 2.45) is 0 Å². The number of nitrogens with zero attached hydrogens (tertiary/aromatic N) is 5. The van der Waals surface area contributed by atoms with E-state index in [4.69, 9.17) is 0 Å². The second-order valence-electron chi connectivity index (χ2n) is 5.34. The van der Waals surface area contributed by atoms with E-state index in [2.05, 4.69) is 25.4 Å². The standard InChI is InChI=1S/C17H18N6OS/c1-25-17-19-9-14(10-20-17)16(24)22-15(13-5-3-2-4-6-13)7-8-23-12-18-11-21-23/h2-6,9-12,15H,7-8H2,1H3,(H,22,24)/t15-/m1/s1. The molecule has 3 rings (SSSR count). The van der Waals surface area contributed by atoms with Gasteiger partial charge in [0.1, 0.15) is 12.7 Å². The van der Waals surface area contributed by atoms with Crippen LogP contribution in [0.15, 0.2) is 60.5 Å². The fraction of sp³-hybridized carbons (Fsp3) is 0.235. The van der Waals surface area contributed by atoms with Gasteiger partial charge >= 0.3 is 0 Å². The zero-order valence-electron chi connectivity index (χ0n) is 13.7. The van der Waals surface area contributed by atoms with Crippen molar-refractivity contribution in [2.75, 3.05) is 6.26 Å². The van der Waals surface area contributed by atoms with Crippen LogP contribution < -0.4 is 5.32 Å². The molecule has 1 atom stereocenters. The second-order valence-corrected chi connectivity index (χ2v) is 6.12. The minimum atomic E-state index is -0.194. The molecule has 25 heavy (non-hydrogen) atoms. The van der Waals surface area contributed by atoms with Crippen LogP contribution in [-0.2, 0) is 6.54 Å². The van der Waals surface area contributed by atoms with Crippen molar-refractivity contribution in [1.82, 2.24) is 30.0 Å². The van der Waals surface area contributed by atoms with Gasteiger partial charge in [0.15, 0.2) is 5.16 Å². The third-order valence-corrected chi connectivity index (χ3v) is 4.27. The van der Waals surface area contributed by atoms with Crippen LogP contribution in [0.5, 0.6) is 0 Å². The van der Waals surface area contributed by atoms with Crippen molar-refractivity contribution in [2.45, 2.75) is 24.2 Å². The summed E-state index contributed by atoms with van der Waals surface area (Å²) < 4.78 is 1.75. The number of aromatic nitrogens is 5. The lowest BCUT2D eigenvalue weighted by Crippen LogP contribution is -2.29. The number of nitrogens with one attached hydrogen (secondary N) is 1. The molecule has 128 valence electrons. The first-order chi connectivity index (χ1) is 12.3. The maximum atomic E-state index is 12.6. The summed E-state index contributed by atoms with van der Waals surface area (Å²) in [6.07, 6.45) is 8.86. The van der Waals surface area contributed by atoms with Gasteiger partial charge in [0.25, 0.3) is 5.91 Å². The Morgan fingerprint density at radius 1 is 1.24 bits per heavy atom. The Balaban J connectivity index is 1.72. The van der Waals surface area contributed by atoms with Crippen molar-refractivity contribution in [3.63, 3.8) is 0 Å². The number of benzene rings is 1. The normalized spacial score (nSPS) is 11.9. The summed E-state index contributed by atoms with van der Waals surface area (Å²) in [5.74, 6) is -0.194. The highest BCUT2D eigenvalue weighted by molar-refractivity contribution is 7.98. The first-order valence-corrected chi connectivity index (χ1v) is 9.03. The fourth-order valence-corrected chi connectivity index (χ4v) is 2.71. The summed E-state index contributed by atoms with van der Waals surface area (Å²) in [5, 5.41) is 7.81. The van der Waals surface area contributed by atoms with Gasteiger partial charge in [-0.3, -0.25) is 9.48 Å². The topological polar surface area (TPSA) is 85.6 Å². The van der Waals surface area contributed by atoms with Crippen molar-refractivity contribution in [3.8, 4) is 0 Å². The Morgan fingerprint density at radius 2 is 2.00 bits per heavy atom. The highest BCUT2D eigenvalue weighted by atomic mass is 32.2. The molecule has 0 aliphatic rings. The molecule has 2 heterocycles. The summed E-state index contributed by atoms with van der Waals surface area (Å²) in [4.78, 5) is 24.8. The summed E-state index contributed by atoms with van der Waals surface area (Å²) in [6.45, 7) is 0.655. The van der Waals surface area contributed by atoms with Gasteiger partial charge in [-0.25, -0.2) is 15.0 Å². The first-order valence-electron chi connectivity index (χ1n) is 7.80. The molecular formula is C17H18N6OS. The number of thioether (sulfide) groups is 1. The molecule has 0 saturated heterocycles. The summed E-state index contributed by atoms with van der Waals surface area (Å²) in [6, 6.07) is 9.73. The van der Waals surface area contributed by atoms with E-state index in [9.17, 15) is 4.79 Å². The van der Waals surface area contributed by atoms with Crippen LogP contribution in [0.4, 0.5) is 0 Å². The van der Waals surface area contributed by atoms with Gasteiger partial charge in [0.05, 0.1) is 11.6 Å². The quantitative estimate of drug-likeness (QED) is 0.518. The molecule has 3 aromatic rings. The molecule has 8 heteroatoms. The van der Waals surface area contributed by atoms with Crippen molar-refractivity contribution >= 4 is 17.7 Å². The zero-order valence-corrected chi connectivity index (χ0v) is 14.6. The third kappa shape index (κ3) is 4.63. The number of carbonyl (C=O) groups excluding carboxylic acids is 1. The molecule has 0 spiro atoms. The number of hydrogen-bond acceptors (Lipinski definition) is 6. The van der Waals surface area contributed by atoms with E-state index in [0.717, 1.165) is 5.56 Å². The van der Waals surface area contributed by atoms with Gasteiger partial charge in [0.2, 0.25) is 0 Å². The van der Waals surface area contributed by atoms with Crippen LogP contribution in [0.3, 0.4) is 0 Å². The van der Waals surface area contributed by atoms with E-state index < -0.39 is 0 Å². The molecule has 7 nitrogen and oxygen atoms in total. The molecule has 0 unspecified atom stereocenters. The number of aryl methyl sites for hydroxylation is 1. The molecule has 1 amide bonds. The Labute approximate surface area is 149 Å². The number of amides is 1. The Morgan fingerprint density at radius 3 is 2.64 bits per heavy atom. The second kappa shape index (κ2) is 8.39. The van der Waals surface area contributed by atoms with Gasteiger partial charge < -0.3 is 5.32 Å². The molecule has 0 aliphatic heterocycles. The zero-order chi connectivity index (χ0) is 17.5. The van der Waals surface area contributed by atoms with E-state index in [1.54, 1.807) is 23.4 Å². The van der Waals surface area contributed by atoms with E-state index in [1.807, 2.05) is 36.6 Å². The van der Waals surface area contributed by atoms with Crippen molar-refractivity contribution in [1.29, 1.82) is 0 Å². The summed E-state index contributed by atoms with van der Waals surface area (Å²) in [7, 11) is 0. The molecule has 0 saturated carbocycles. The number of carbonyl (C=O) groups is 1. The first kappa shape index (κ1) is 17.1. The van der Waals surface area contributed by atoms with Crippen LogP contribution in [0.2, 0.25) is 0 Å². The minimum absolute atomic E-state index is 0.141. The van der Waals surface area contributed by atoms with E-state index in [0.29, 0.717) is 23.7 Å². The van der Waals surface area contributed by atoms with Gasteiger partial charge in [-0.05, 0) is 18.2 Å². The minimum Gasteiger partial charge on any atom is -0.345 e. The van der Waals surface area contributed by atoms with Crippen LogP contribution in [0.1, 0.15) is 28.4 Å². The predicted molar refractivity (Wildman–Crippen MR) is 95.1 cm³/mol. The van der Waals surface area contributed by atoms with Gasteiger partial charge in [-0.2, -0.15) is 5.10 Å². The molecule has 0 bridgehead atoms. The fourth-order valence-electron chi connectivity index (χ4n) is 2.40. The average Bonchev–Trinajstić information content (AvgIpc) is 3.19. The van der Waals surface area contributed by atoms with Crippen LogP contribution >= 0.6 is 11.8 Å². The van der Waals surface area contributed by atoms with E-state index in [-0.39, 0.29) is 11.9 Å². The predicted octanol–water partition coefficient (Wildman–Crippen LogP) is 2.35. The van der Waals surface area contributed by atoms with E-state index in [1.165, 1.54) is 18.1 Å². The summed E-state index contributed by atoms with van der Waals surface area (Å²) in [5.41, 5.74) is 1.48. The molecule has 0 aliphatic carbocycles. The highest BCUT2D eigenvalue weighted by Crippen LogP contribution is 2.18. The lowest BCUT2D eigenvalue weighted by Gasteiger charge is -2.19.